The molecule has 6 nitrogen and oxygen atoms in total. The Morgan fingerprint density at radius 1 is 0.970 bits per heavy atom. The lowest BCUT2D eigenvalue weighted by Crippen LogP contribution is -2.46. The van der Waals surface area contributed by atoms with Gasteiger partial charge in [0.15, 0.2) is 0 Å². The summed E-state index contributed by atoms with van der Waals surface area (Å²) in [5.41, 5.74) is 3.88. The summed E-state index contributed by atoms with van der Waals surface area (Å²) in [4.78, 5) is 18.0. The number of pyridine rings is 1. The number of piperazine rings is 1. The number of hydrogen-bond donors (Lipinski definition) is 0. The largest absolute Gasteiger partial charge is 0.494 e. The summed E-state index contributed by atoms with van der Waals surface area (Å²) < 4.78 is 19.2. The lowest BCUT2D eigenvalue weighted by atomic mass is 10.0. The van der Waals surface area contributed by atoms with E-state index in [-0.39, 0.29) is 5.82 Å². The maximum Gasteiger partial charge on any atom is 0.128 e. The third kappa shape index (κ3) is 4.78. The van der Waals surface area contributed by atoms with Gasteiger partial charge in [0.25, 0.3) is 0 Å². The molecule has 1 aliphatic heterocycles. The van der Waals surface area contributed by atoms with Gasteiger partial charge in [0, 0.05) is 62.1 Å². The molecule has 0 unspecified atom stereocenters. The van der Waals surface area contributed by atoms with Gasteiger partial charge in [-0.25, -0.2) is 19.3 Å². The van der Waals surface area contributed by atoms with E-state index in [0.717, 1.165) is 71.9 Å². The zero-order valence-electron chi connectivity index (χ0n) is 18.6. The van der Waals surface area contributed by atoms with Crippen molar-refractivity contribution in [1.82, 2.24) is 19.9 Å². The van der Waals surface area contributed by atoms with Crippen molar-refractivity contribution in [3.63, 3.8) is 0 Å². The third-order valence-corrected chi connectivity index (χ3v) is 5.96. The number of aromatic nitrogens is 3. The zero-order valence-corrected chi connectivity index (χ0v) is 18.6. The first-order chi connectivity index (χ1) is 16.2. The first kappa shape index (κ1) is 21.3. The van der Waals surface area contributed by atoms with Crippen molar-refractivity contribution in [2.24, 2.45) is 0 Å². The van der Waals surface area contributed by atoms with Crippen molar-refractivity contribution >= 4 is 16.7 Å². The van der Waals surface area contributed by atoms with Crippen molar-refractivity contribution in [2.75, 3.05) is 37.7 Å². The van der Waals surface area contributed by atoms with E-state index >= 15 is 0 Å². The normalized spacial score (nSPS) is 14.5. The van der Waals surface area contributed by atoms with Crippen LogP contribution in [0, 0.1) is 5.82 Å². The van der Waals surface area contributed by atoms with E-state index in [2.05, 4.69) is 31.9 Å². The summed E-state index contributed by atoms with van der Waals surface area (Å²) in [6.07, 6.45) is 5.29. The van der Waals surface area contributed by atoms with E-state index in [1.54, 1.807) is 18.5 Å². The van der Waals surface area contributed by atoms with E-state index in [0.29, 0.717) is 6.61 Å². The molecule has 0 aliphatic carbocycles. The second-order valence-electron chi connectivity index (χ2n) is 8.16. The average Bonchev–Trinajstić information content (AvgIpc) is 2.84. The van der Waals surface area contributed by atoms with Crippen LogP contribution in [0.4, 0.5) is 10.2 Å². The van der Waals surface area contributed by atoms with Crippen molar-refractivity contribution in [1.29, 1.82) is 0 Å². The Kier molecular flexibility index (Phi) is 6.13. The second kappa shape index (κ2) is 9.50. The fourth-order valence-corrected chi connectivity index (χ4v) is 4.31. The van der Waals surface area contributed by atoms with Gasteiger partial charge in [-0.15, -0.1) is 0 Å². The predicted octanol–water partition coefficient (Wildman–Crippen LogP) is 4.55. The number of anilines is 1. The Hall–Kier alpha value is -3.58. The molecular formula is C26H26FN5O. The molecule has 0 bridgehead atoms. The van der Waals surface area contributed by atoms with Crippen LogP contribution in [0.3, 0.4) is 0 Å². The van der Waals surface area contributed by atoms with Crippen LogP contribution in [0.2, 0.25) is 0 Å². The molecule has 33 heavy (non-hydrogen) atoms. The highest BCUT2D eigenvalue weighted by Gasteiger charge is 2.18. The summed E-state index contributed by atoms with van der Waals surface area (Å²) in [6.45, 7) is 6.94. The van der Waals surface area contributed by atoms with Gasteiger partial charge >= 0.3 is 0 Å². The lowest BCUT2D eigenvalue weighted by Gasteiger charge is -2.35. The van der Waals surface area contributed by atoms with E-state index < -0.39 is 0 Å². The van der Waals surface area contributed by atoms with Crippen LogP contribution in [-0.4, -0.2) is 52.6 Å². The molecule has 0 N–H and O–H groups in total. The number of nitrogens with zero attached hydrogens (tertiary/aromatic N) is 5. The van der Waals surface area contributed by atoms with Gasteiger partial charge in [-0.3, -0.25) is 4.90 Å². The molecule has 1 fully saturated rings. The molecular weight excluding hydrogens is 417 g/mol. The number of hydrogen-bond acceptors (Lipinski definition) is 6. The smallest absolute Gasteiger partial charge is 0.128 e. The minimum atomic E-state index is -0.179. The molecule has 168 valence electrons. The molecule has 0 spiro atoms. The van der Waals surface area contributed by atoms with Crippen LogP contribution >= 0.6 is 0 Å². The highest BCUT2D eigenvalue weighted by Crippen LogP contribution is 2.32. The standard InChI is InChI=1S/C26H26FN5O/c1-2-33-22-13-23(24-16-28-18-30-25(24)14-22)20-6-7-26(29-15-20)32-10-8-31(9-11-32)17-19-4-3-5-21(27)12-19/h3-7,12-16,18H,2,8-11,17H2,1H3. The number of benzene rings is 2. The number of fused-ring (bicyclic) bond motifs is 1. The fraction of sp³-hybridized carbons (Fsp3) is 0.269. The molecule has 2 aromatic carbocycles. The minimum Gasteiger partial charge on any atom is -0.494 e. The van der Waals surface area contributed by atoms with E-state index in [4.69, 9.17) is 9.72 Å². The van der Waals surface area contributed by atoms with Crippen LogP contribution < -0.4 is 9.64 Å². The van der Waals surface area contributed by atoms with Gasteiger partial charge in [0.2, 0.25) is 0 Å². The minimum absolute atomic E-state index is 0.179. The van der Waals surface area contributed by atoms with E-state index in [1.807, 2.05) is 37.5 Å². The quantitative estimate of drug-likeness (QED) is 0.436. The van der Waals surface area contributed by atoms with E-state index in [9.17, 15) is 4.39 Å². The SMILES string of the molecule is CCOc1cc(-c2ccc(N3CCN(Cc4cccc(F)c4)CC3)nc2)c2cncnc2c1. The van der Waals surface area contributed by atoms with Crippen LogP contribution in [0.15, 0.2) is 67.3 Å². The summed E-state index contributed by atoms with van der Waals surface area (Å²) in [5, 5.41) is 0.974. The van der Waals surface area contributed by atoms with Gasteiger partial charge in [-0.1, -0.05) is 12.1 Å². The van der Waals surface area contributed by atoms with Gasteiger partial charge in [-0.2, -0.15) is 0 Å². The Morgan fingerprint density at radius 3 is 2.61 bits per heavy atom. The molecule has 0 amide bonds. The summed E-state index contributed by atoms with van der Waals surface area (Å²) in [6, 6.07) is 15.0. The van der Waals surface area contributed by atoms with Crippen LogP contribution in [0.1, 0.15) is 12.5 Å². The average molecular weight is 444 g/mol. The molecule has 5 rings (SSSR count). The van der Waals surface area contributed by atoms with Crippen molar-refractivity contribution < 1.29 is 9.13 Å². The number of halogens is 1. The van der Waals surface area contributed by atoms with E-state index in [1.165, 1.54) is 6.07 Å². The first-order valence-corrected chi connectivity index (χ1v) is 11.2. The van der Waals surface area contributed by atoms with Crippen molar-refractivity contribution in [3.8, 4) is 16.9 Å². The predicted molar refractivity (Wildman–Crippen MR) is 128 cm³/mol. The molecule has 2 aromatic heterocycles. The Morgan fingerprint density at radius 2 is 1.85 bits per heavy atom. The fourth-order valence-electron chi connectivity index (χ4n) is 4.31. The van der Waals surface area contributed by atoms with Crippen LogP contribution in [0.5, 0.6) is 5.75 Å². The molecule has 1 aliphatic rings. The Balaban J connectivity index is 1.30. The maximum absolute atomic E-state index is 13.5. The molecule has 7 heteroatoms. The Labute approximate surface area is 192 Å². The monoisotopic (exact) mass is 443 g/mol. The van der Waals surface area contributed by atoms with Crippen LogP contribution in [0.25, 0.3) is 22.0 Å². The third-order valence-electron chi connectivity index (χ3n) is 5.96. The summed E-state index contributed by atoms with van der Waals surface area (Å²) >= 11 is 0. The summed E-state index contributed by atoms with van der Waals surface area (Å²) in [5.74, 6) is 1.57. The van der Waals surface area contributed by atoms with Crippen LogP contribution in [-0.2, 0) is 6.54 Å². The molecule has 3 heterocycles. The summed E-state index contributed by atoms with van der Waals surface area (Å²) in [7, 11) is 0. The topological polar surface area (TPSA) is 54.4 Å². The van der Waals surface area contributed by atoms with Gasteiger partial charge < -0.3 is 9.64 Å². The first-order valence-electron chi connectivity index (χ1n) is 11.2. The molecule has 0 atom stereocenters. The molecule has 0 radical (unpaired) electrons. The maximum atomic E-state index is 13.5. The zero-order chi connectivity index (χ0) is 22.6. The lowest BCUT2D eigenvalue weighted by molar-refractivity contribution is 0.249. The Bertz CT molecular complexity index is 1240. The van der Waals surface area contributed by atoms with Gasteiger partial charge in [0.05, 0.1) is 12.1 Å². The van der Waals surface area contributed by atoms with Gasteiger partial charge in [0.1, 0.15) is 23.7 Å². The highest BCUT2D eigenvalue weighted by atomic mass is 19.1. The second-order valence-corrected chi connectivity index (χ2v) is 8.16. The number of ether oxygens (including phenoxy) is 1. The van der Waals surface area contributed by atoms with Gasteiger partial charge in [-0.05, 0) is 48.4 Å². The molecule has 0 saturated carbocycles. The number of rotatable bonds is 6. The molecule has 1 saturated heterocycles. The van der Waals surface area contributed by atoms with Crippen molar-refractivity contribution in [3.05, 3.63) is 78.6 Å². The highest BCUT2D eigenvalue weighted by molar-refractivity contribution is 5.95. The molecule has 4 aromatic rings. The van der Waals surface area contributed by atoms with Crippen molar-refractivity contribution in [2.45, 2.75) is 13.5 Å².